The fourth-order valence-electron chi connectivity index (χ4n) is 3.53. The number of carbonyl (C=O) groups is 1. The van der Waals surface area contributed by atoms with E-state index in [4.69, 9.17) is 4.74 Å². The second-order valence-corrected chi connectivity index (χ2v) is 8.50. The van der Waals surface area contributed by atoms with Crippen molar-refractivity contribution in [2.75, 3.05) is 17.7 Å². The zero-order valence-electron chi connectivity index (χ0n) is 19.4. The smallest absolute Gasteiger partial charge is 0.234 e. The summed E-state index contributed by atoms with van der Waals surface area (Å²) in [7, 11) is 1.83. The molecule has 2 aromatic heterocycles. The highest BCUT2D eigenvalue weighted by molar-refractivity contribution is 7.99. The van der Waals surface area contributed by atoms with E-state index in [9.17, 15) is 9.18 Å². The number of benzene rings is 2. The van der Waals surface area contributed by atoms with E-state index in [1.165, 1.54) is 17.8 Å². The third-order valence-corrected chi connectivity index (χ3v) is 6.18. The maximum absolute atomic E-state index is 14.8. The van der Waals surface area contributed by atoms with E-state index in [2.05, 4.69) is 20.6 Å². The van der Waals surface area contributed by atoms with Crippen molar-refractivity contribution < 1.29 is 13.9 Å². The van der Waals surface area contributed by atoms with Gasteiger partial charge in [0.15, 0.2) is 11.0 Å². The molecule has 0 aliphatic carbocycles. The first kappa shape index (κ1) is 23.5. The molecule has 34 heavy (non-hydrogen) atoms. The number of aromatic nitrogens is 5. The Hall–Kier alpha value is -3.66. The molecule has 2 heterocycles. The van der Waals surface area contributed by atoms with Crippen LogP contribution in [-0.2, 0) is 11.8 Å². The van der Waals surface area contributed by atoms with E-state index in [-0.39, 0.29) is 11.7 Å². The number of nitrogens with zero attached hydrogens (tertiary/aromatic N) is 5. The third-order valence-electron chi connectivity index (χ3n) is 5.26. The van der Waals surface area contributed by atoms with Crippen molar-refractivity contribution in [1.29, 1.82) is 0 Å². The first-order valence-electron chi connectivity index (χ1n) is 10.8. The average Bonchev–Trinajstić information content (AvgIpc) is 3.34. The molecule has 1 amide bonds. The first-order chi connectivity index (χ1) is 16.4. The van der Waals surface area contributed by atoms with Gasteiger partial charge in [-0.1, -0.05) is 23.9 Å². The standard InChI is InChI=1S/C24H25FN6O2S/c1-5-33-18-12-10-17(11-13-18)23-27-28-24(31(23)20-9-7-6-8-19(20)25)34-14-21(32)26-22-15(2)29-30(4)16(22)3/h6-13H,5,14H2,1-4H3,(H,26,32). The Balaban J connectivity index is 1.62. The van der Waals surface area contributed by atoms with Crippen LogP contribution >= 0.6 is 11.8 Å². The van der Waals surface area contributed by atoms with Crippen LogP contribution < -0.4 is 10.1 Å². The molecule has 0 fully saturated rings. The summed E-state index contributed by atoms with van der Waals surface area (Å²) >= 11 is 1.18. The Morgan fingerprint density at radius 2 is 1.85 bits per heavy atom. The summed E-state index contributed by atoms with van der Waals surface area (Å²) in [5.41, 5.74) is 3.35. The highest BCUT2D eigenvalue weighted by Crippen LogP contribution is 2.30. The van der Waals surface area contributed by atoms with Crippen LogP contribution in [-0.4, -0.2) is 42.8 Å². The van der Waals surface area contributed by atoms with Crippen LogP contribution in [0.3, 0.4) is 0 Å². The Morgan fingerprint density at radius 3 is 2.50 bits per heavy atom. The summed E-state index contributed by atoms with van der Waals surface area (Å²) < 4.78 is 23.6. The molecule has 8 nitrogen and oxygen atoms in total. The Kier molecular flexibility index (Phi) is 6.97. The van der Waals surface area contributed by atoms with Crippen LogP contribution in [0.15, 0.2) is 53.7 Å². The number of anilines is 1. The van der Waals surface area contributed by atoms with Crippen molar-refractivity contribution in [1.82, 2.24) is 24.5 Å². The van der Waals surface area contributed by atoms with E-state index in [1.54, 1.807) is 27.4 Å². The molecular formula is C24H25FN6O2S. The van der Waals surface area contributed by atoms with Gasteiger partial charge in [-0.3, -0.25) is 14.0 Å². The summed E-state index contributed by atoms with van der Waals surface area (Å²) in [4.78, 5) is 12.7. The maximum Gasteiger partial charge on any atom is 0.234 e. The molecule has 176 valence electrons. The SMILES string of the molecule is CCOc1ccc(-c2nnc(SCC(=O)Nc3c(C)nn(C)c3C)n2-c2ccccc2F)cc1. The van der Waals surface area contributed by atoms with E-state index in [1.807, 2.05) is 52.1 Å². The Bertz CT molecular complexity index is 1320. The molecule has 10 heteroatoms. The van der Waals surface area contributed by atoms with Gasteiger partial charge in [-0.05, 0) is 57.2 Å². The highest BCUT2D eigenvalue weighted by Gasteiger charge is 2.20. The number of para-hydroxylation sites is 1. The lowest BCUT2D eigenvalue weighted by atomic mass is 10.2. The van der Waals surface area contributed by atoms with E-state index in [0.717, 1.165) is 22.7 Å². The summed E-state index contributed by atoms with van der Waals surface area (Å²) in [6.45, 7) is 6.21. The van der Waals surface area contributed by atoms with E-state index < -0.39 is 5.82 Å². The normalized spacial score (nSPS) is 11.0. The minimum atomic E-state index is -0.414. The molecule has 0 radical (unpaired) electrons. The fraction of sp³-hybridized carbons (Fsp3) is 0.250. The van der Waals surface area contributed by atoms with Crippen LogP contribution in [0.1, 0.15) is 18.3 Å². The van der Waals surface area contributed by atoms with Gasteiger partial charge in [0.05, 0.1) is 35.1 Å². The second kappa shape index (κ2) is 10.1. The molecule has 0 unspecified atom stereocenters. The zero-order valence-corrected chi connectivity index (χ0v) is 20.2. The molecule has 4 rings (SSSR count). The van der Waals surface area contributed by atoms with Crippen molar-refractivity contribution in [3.63, 3.8) is 0 Å². The predicted molar refractivity (Wildman–Crippen MR) is 130 cm³/mol. The van der Waals surface area contributed by atoms with Gasteiger partial charge >= 0.3 is 0 Å². The van der Waals surface area contributed by atoms with Crippen molar-refractivity contribution >= 4 is 23.4 Å². The lowest BCUT2D eigenvalue weighted by Gasteiger charge is -2.12. The number of thioether (sulfide) groups is 1. The largest absolute Gasteiger partial charge is 0.494 e. The average molecular weight is 481 g/mol. The predicted octanol–water partition coefficient (Wildman–Crippen LogP) is 4.55. The van der Waals surface area contributed by atoms with Crippen molar-refractivity contribution in [3.05, 3.63) is 65.7 Å². The van der Waals surface area contributed by atoms with Crippen molar-refractivity contribution in [2.45, 2.75) is 25.9 Å². The summed E-state index contributed by atoms with van der Waals surface area (Å²) in [6, 6.07) is 13.8. The van der Waals surface area contributed by atoms with Gasteiger partial charge in [0.25, 0.3) is 0 Å². The van der Waals surface area contributed by atoms with Gasteiger partial charge in [0.2, 0.25) is 5.91 Å². The summed E-state index contributed by atoms with van der Waals surface area (Å²) in [5.74, 6) is 0.645. The van der Waals surface area contributed by atoms with Gasteiger partial charge in [-0.15, -0.1) is 10.2 Å². The fourth-order valence-corrected chi connectivity index (χ4v) is 4.27. The van der Waals surface area contributed by atoms with Gasteiger partial charge < -0.3 is 10.1 Å². The van der Waals surface area contributed by atoms with Gasteiger partial charge in [0.1, 0.15) is 11.6 Å². The molecule has 0 atom stereocenters. The molecule has 1 N–H and O–H groups in total. The molecule has 2 aromatic carbocycles. The number of nitrogens with one attached hydrogen (secondary N) is 1. The minimum absolute atomic E-state index is 0.0731. The van der Waals surface area contributed by atoms with Gasteiger partial charge in [0, 0.05) is 12.6 Å². The number of amides is 1. The number of carbonyl (C=O) groups excluding carboxylic acids is 1. The molecule has 0 saturated carbocycles. The van der Waals surface area contributed by atoms with Gasteiger partial charge in [-0.2, -0.15) is 5.10 Å². The second-order valence-electron chi connectivity index (χ2n) is 7.56. The zero-order chi connectivity index (χ0) is 24.2. The third kappa shape index (κ3) is 4.81. The molecule has 0 bridgehead atoms. The molecule has 0 saturated heterocycles. The molecular weight excluding hydrogens is 455 g/mol. The monoisotopic (exact) mass is 480 g/mol. The van der Waals surface area contributed by atoms with Crippen molar-refractivity contribution in [3.8, 4) is 22.8 Å². The number of hydrogen-bond donors (Lipinski definition) is 1. The topological polar surface area (TPSA) is 86.9 Å². The number of halogens is 1. The lowest BCUT2D eigenvalue weighted by molar-refractivity contribution is -0.113. The summed E-state index contributed by atoms with van der Waals surface area (Å²) in [6.07, 6.45) is 0. The Labute approximate surface area is 201 Å². The summed E-state index contributed by atoms with van der Waals surface area (Å²) in [5, 5.41) is 16.2. The van der Waals surface area contributed by atoms with Crippen LogP contribution in [0.4, 0.5) is 10.1 Å². The van der Waals surface area contributed by atoms with Crippen molar-refractivity contribution in [2.24, 2.45) is 7.05 Å². The molecule has 0 spiro atoms. The van der Waals surface area contributed by atoms with Crippen LogP contribution in [0.25, 0.3) is 17.1 Å². The number of ether oxygens (including phenoxy) is 1. The van der Waals surface area contributed by atoms with Crippen LogP contribution in [0.2, 0.25) is 0 Å². The van der Waals surface area contributed by atoms with Crippen LogP contribution in [0, 0.1) is 19.7 Å². The Morgan fingerprint density at radius 1 is 1.12 bits per heavy atom. The number of aryl methyl sites for hydroxylation is 2. The van der Waals surface area contributed by atoms with Crippen LogP contribution in [0.5, 0.6) is 5.75 Å². The van der Waals surface area contributed by atoms with Gasteiger partial charge in [-0.25, -0.2) is 4.39 Å². The minimum Gasteiger partial charge on any atom is -0.494 e. The quantitative estimate of drug-likeness (QED) is 0.372. The van der Waals surface area contributed by atoms with E-state index in [0.29, 0.717) is 29.0 Å². The molecule has 0 aliphatic heterocycles. The number of rotatable bonds is 8. The number of hydrogen-bond acceptors (Lipinski definition) is 6. The molecule has 0 aliphatic rings. The lowest BCUT2D eigenvalue weighted by Crippen LogP contribution is -2.16. The maximum atomic E-state index is 14.8. The highest BCUT2D eigenvalue weighted by atomic mass is 32.2. The molecule has 4 aromatic rings. The van der Waals surface area contributed by atoms with E-state index >= 15 is 0 Å². The first-order valence-corrected chi connectivity index (χ1v) is 11.7.